The first kappa shape index (κ1) is 39.3. The van der Waals surface area contributed by atoms with Gasteiger partial charge in [-0.05, 0) is 105 Å². The lowest BCUT2D eigenvalue weighted by Crippen LogP contribution is -2.52. The Balaban J connectivity index is 0.702. The highest BCUT2D eigenvalue weighted by molar-refractivity contribution is 6.05. The van der Waals surface area contributed by atoms with Gasteiger partial charge in [-0.15, -0.1) is 0 Å². The molecule has 60 heavy (non-hydrogen) atoms. The van der Waals surface area contributed by atoms with Gasteiger partial charge in [0.25, 0.3) is 11.8 Å². The molecular weight excluding hydrogens is 766 g/mol. The summed E-state index contributed by atoms with van der Waals surface area (Å²) in [5.74, 6) is 0.402. The molecule has 0 spiro atoms. The van der Waals surface area contributed by atoms with Gasteiger partial charge in [-0.25, -0.2) is 9.37 Å². The number of nitrogens with zero attached hydrogens (tertiary/aromatic N) is 7. The number of piperidine rings is 2. The molecule has 0 unspecified atom stereocenters. The second kappa shape index (κ2) is 16.8. The van der Waals surface area contributed by atoms with Crippen molar-refractivity contribution in [2.45, 2.75) is 76.1 Å². The van der Waals surface area contributed by atoms with Crippen molar-refractivity contribution in [3.8, 4) is 11.8 Å². The van der Waals surface area contributed by atoms with Crippen LogP contribution >= 0.6 is 0 Å². The van der Waals surface area contributed by atoms with Crippen molar-refractivity contribution in [3.05, 3.63) is 89.0 Å². The standard InChI is InChI=1S/C45H48FN9O5/c46-36-23-35-31(27-55(45(35)59)37-9-12-41(56)51-44(37)58)22-38(36)53-20-18-52(19-21-53)26-28-13-16-54(17-14-28)40-11-4-30(25-49-40)43(57)50-32-5-7-33(8-6-32)60-39-10-3-29(24-47)42-34(39)2-1-15-48-42/h1-4,10-11,15,22-23,25,28,32-33,37H,5-9,12-14,16-21,26-27H2,(H,50,57)(H,51,56,58)/t32?,33?,37-/m0/s1. The molecule has 2 aromatic carbocycles. The number of aromatic nitrogens is 2. The summed E-state index contributed by atoms with van der Waals surface area (Å²) in [5, 5.41) is 15.8. The molecule has 5 aliphatic rings. The van der Waals surface area contributed by atoms with Crippen LogP contribution in [0.2, 0.25) is 0 Å². The molecule has 1 saturated carbocycles. The van der Waals surface area contributed by atoms with E-state index in [-0.39, 0.29) is 54.8 Å². The number of piperazine rings is 1. The second-order valence-corrected chi connectivity index (χ2v) is 16.7. The number of nitrogens with one attached hydrogen (secondary N) is 2. The third-order valence-electron chi connectivity index (χ3n) is 12.9. The zero-order valence-corrected chi connectivity index (χ0v) is 33.4. The Morgan fingerprint density at radius 1 is 0.917 bits per heavy atom. The predicted molar refractivity (Wildman–Crippen MR) is 221 cm³/mol. The number of nitriles is 1. The number of pyridine rings is 2. The van der Waals surface area contributed by atoms with Crippen molar-refractivity contribution < 1.29 is 28.3 Å². The highest BCUT2D eigenvalue weighted by Gasteiger charge is 2.40. The van der Waals surface area contributed by atoms with Crippen LogP contribution < -0.4 is 25.2 Å². The number of hydrogen-bond acceptors (Lipinski definition) is 11. The number of halogens is 1. The lowest BCUT2D eigenvalue weighted by atomic mass is 9.92. The monoisotopic (exact) mass is 813 g/mol. The number of imide groups is 1. The van der Waals surface area contributed by atoms with Crippen LogP contribution in [0.5, 0.6) is 5.75 Å². The summed E-state index contributed by atoms with van der Waals surface area (Å²) in [6.45, 7) is 5.95. The largest absolute Gasteiger partial charge is 0.490 e. The zero-order chi connectivity index (χ0) is 41.3. The van der Waals surface area contributed by atoms with Crippen molar-refractivity contribution in [2.75, 3.05) is 55.6 Å². The molecule has 0 radical (unpaired) electrons. The Morgan fingerprint density at radius 3 is 2.45 bits per heavy atom. The summed E-state index contributed by atoms with van der Waals surface area (Å²) in [5.41, 5.74) is 3.19. The van der Waals surface area contributed by atoms with Gasteiger partial charge in [-0.3, -0.25) is 34.4 Å². The Kier molecular flexibility index (Phi) is 11.0. The first-order valence-corrected chi connectivity index (χ1v) is 21.1. The third kappa shape index (κ3) is 8.08. The Labute approximate surface area is 347 Å². The SMILES string of the molecule is N#Cc1ccc(OC2CCC(NC(=O)c3ccc(N4CCC(CN5CCN(c6cc7c(cc6F)C(=O)N([C@H]6CCC(=O)NC6=O)C7)CC5)CC4)nc3)CC2)c2cccnc12. The fraction of sp³-hybridized carbons (Fsp3) is 0.444. The average molecular weight is 814 g/mol. The summed E-state index contributed by atoms with van der Waals surface area (Å²) in [7, 11) is 0. The van der Waals surface area contributed by atoms with Gasteiger partial charge in [0.1, 0.15) is 29.5 Å². The highest BCUT2D eigenvalue weighted by atomic mass is 19.1. The lowest BCUT2D eigenvalue weighted by Gasteiger charge is -2.40. The molecule has 4 aliphatic heterocycles. The molecule has 4 aromatic rings. The van der Waals surface area contributed by atoms with Crippen molar-refractivity contribution in [2.24, 2.45) is 5.92 Å². The normalized spacial score (nSPS) is 22.7. The molecule has 14 nitrogen and oxygen atoms in total. The van der Waals surface area contributed by atoms with Gasteiger partial charge >= 0.3 is 0 Å². The van der Waals surface area contributed by atoms with E-state index in [9.17, 15) is 24.4 Å². The van der Waals surface area contributed by atoms with Crippen LogP contribution in [0.15, 0.2) is 60.9 Å². The van der Waals surface area contributed by atoms with E-state index < -0.39 is 17.8 Å². The maximum atomic E-state index is 15.4. The molecule has 1 atom stereocenters. The van der Waals surface area contributed by atoms with Crippen LogP contribution in [0, 0.1) is 23.1 Å². The van der Waals surface area contributed by atoms with E-state index in [0.717, 1.165) is 88.2 Å². The number of fused-ring (bicyclic) bond motifs is 2. The lowest BCUT2D eigenvalue weighted by molar-refractivity contribution is -0.136. The van der Waals surface area contributed by atoms with Crippen molar-refractivity contribution in [3.63, 3.8) is 0 Å². The molecule has 15 heteroatoms. The molecule has 4 amide bonds. The molecule has 1 aliphatic carbocycles. The molecular formula is C45H48FN9O5. The summed E-state index contributed by atoms with van der Waals surface area (Å²) < 4.78 is 21.8. The number of carbonyl (C=O) groups excluding carboxylic acids is 4. The Bertz CT molecular complexity index is 2350. The number of rotatable bonds is 9. The summed E-state index contributed by atoms with van der Waals surface area (Å²) in [6, 6.07) is 15.8. The quantitative estimate of drug-likeness (QED) is 0.228. The van der Waals surface area contributed by atoms with Crippen LogP contribution in [-0.4, -0.2) is 107 Å². The van der Waals surface area contributed by atoms with Crippen molar-refractivity contribution in [1.82, 2.24) is 30.4 Å². The maximum absolute atomic E-state index is 15.4. The van der Waals surface area contributed by atoms with Gasteiger partial charge in [-0.1, -0.05) is 0 Å². The van der Waals surface area contributed by atoms with E-state index in [1.807, 2.05) is 35.2 Å². The fourth-order valence-corrected chi connectivity index (χ4v) is 9.52. The fourth-order valence-electron chi connectivity index (χ4n) is 9.52. The first-order chi connectivity index (χ1) is 29.2. The Morgan fingerprint density at radius 2 is 1.72 bits per heavy atom. The van der Waals surface area contributed by atoms with Gasteiger partial charge in [0, 0.05) is 88.2 Å². The van der Waals surface area contributed by atoms with Crippen LogP contribution in [0.3, 0.4) is 0 Å². The second-order valence-electron chi connectivity index (χ2n) is 16.7. The molecule has 3 saturated heterocycles. The molecule has 4 fully saturated rings. The molecule has 2 aromatic heterocycles. The molecule has 2 N–H and O–H groups in total. The number of benzene rings is 2. The number of anilines is 2. The Hall–Kier alpha value is -6.14. The summed E-state index contributed by atoms with van der Waals surface area (Å²) in [6.07, 6.45) is 9.13. The topological polar surface area (TPSA) is 164 Å². The minimum Gasteiger partial charge on any atom is -0.490 e. The predicted octanol–water partition coefficient (Wildman–Crippen LogP) is 4.56. The van der Waals surface area contributed by atoms with E-state index in [4.69, 9.17) is 4.74 Å². The van der Waals surface area contributed by atoms with Crippen molar-refractivity contribution in [1.29, 1.82) is 5.26 Å². The summed E-state index contributed by atoms with van der Waals surface area (Å²) >= 11 is 0. The first-order valence-electron chi connectivity index (χ1n) is 21.1. The van der Waals surface area contributed by atoms with E-state index in [2.05, 4.69) is 36.5 Å². The van der Waals surface area contributed by atoms with Crippen molar-refractivity contribution >= 4 is 46.0 Å². The van der Waals surface area contributed by atoms with E-state index in [0.29, 0.717) is 46.9 Å². The minimum atomic E-state index is -0.729. The molecule has 9 rings (SSSR count). The van der Waals surface area contributed by atoms with Crippen LogP contribution in [0.25, 0.3) is 10.9 Å². The van der Waals surface area contributed by atoms with E-state index in [1.54, 1.807) is 24.5 Å². The van der Waals surface area contributed by atoms with Crippen LogP contribution in [0.1, 0.15) is 83.2 Å². The number of hydrogen-bond donors (Lipinski definition) is 2. The van der Waals surface area contributed by atoms with Crippen LogP contribution in [0.4, 0.5) is 15.9 Å². The van der Waals surface area contributed by atoms with Gasteiger partial charge in [0.15, 0.2) is 0 Å². The maximum Gasteiger partial charge on any atom is 0.255 e. The van der Waals surface area contributed by atoms with Gasteiger partial charge in [0.2, 0.25) is 11.8 Å². The van der Waals surface area contributed by atoms with Gasteiger partial charge < -0.3 is 24.8 Å². The minimum absolute atomic E-state index is 0.0240. The van der Waals surface area contributed by atoms with Crippen LogP contribution in [-0.2, 0) is 16.1 Å². The number of carbonyl (C=O) groups is 4. The molecule has 0 bridgehead atoms. The van der Waals surface area contributed by atoms with Gasteiger partial charge in [-0.2, -0.15) is 5.26 Å². The summed E-state index contributed by atoms with van der Waals surface area (Å²) in [4.78, 5) is 67.7. The number of amides is 4. The smallest absolute Gasteiger partial charge is 0.255 e. The van der Waals surface area contributed by atoms with E-state index >= 15 is 4.39 Å². The molecule has 310 valence electrons. The number of ether oxygens (including phenoxy) is 1. The zero-order valence-electron chi connectivity index (χ0n) is 33.4. The average Bonchev–Trinajstić information content (AvgIpc) is 3.58. The highest BCUT2D eigenvalue weighted by Crippen LogP contribution is 2.34. The van der Waals surface area contributed by atoms with Gasteiger partial charge in [0.05, 0.1) is 28.4 Å². The van der Waals surface area contributed by atoms with E-state index in [1.165, 1.54) is 11.0 Å². The third-order valence-corrected chi connectivity index (χ3v) is 12.9. The molecule has 6 heterocycles.